The molecular formula is C14H21BrO3Si. The number of alkyl halides is 1. The molecular weight excluding hydrogens is 324 g/mol. The molecule has 0 amide bonds. The lowest BCUT2D eigenvalue weighted by Crippen LogP contribution is -2.39. The van der Waals surface area contributed by atoms with Crippen molar-refractivity contribution in [3.63, 3.8) is 0 Å². The molecule has 2 atom stereocenters. The maximum absolute atomic E-state index is 12.1. The summed E-state index contributed by atoms with van der Waals surface area (Å²) in [6, 6.07) is 7.38. The maximum Gasteiger partial charge on any atom is 0.324 e. The van der Waals surface area contributed by atoms with Crippen LogP contribution in [0.5, 0.6) is 5.75 Å². The Labute approximate surface area is 124 Å². The molecule has 0 saturated carbocycles. The molecule has 0 aliphatic carbocycles. The third-order valence-corrected chi connectivity index (χ3v) is 6.59. The molecule has 5 heteroatoms. The average Bonchev–Trinajstić information content (AvgIpc) is 2.36. The second kappa shape index (κ2) is 6.57. The van der Waals surface area contributed by atoms with Gasteiger partial charge in [0, 0.05) is 0 Å². The lowest BCUT2D eigenvalue weighted by molar-refractivity contribution is -0.144. The summed E-state index contributed by atoms with van der Waals surface area (Å²) in [5, 5.41) is 0. The first-order chi connectivity index (χ1) is 8.75. The molecule has 2 unspecified atom stereocenters. The van der Waals surface area contributed by atoms with Gasteiger partial charge in [0.15, 0.2) is 0 Å². The van der Waals surface area contributed by atoms with Gasteiger partial charge >= 0.3 is 5.97 Å². The van der Waals surface area contributed by atoms with Crippen molar-refractivity contribution in [3.8, 4) is 5.75 Å². The van der Waals surface area contributed by atoms with Gasteiger partial charge in [0.2, 0.25) is 0 Å². The topological polar surface area (TPSA) is 35.5 Å². The molecule has 0 aliphatic heterocycles. The van der Waals surface area contributed by atoms with Crippen LogP contribution in [-0.4, -0.2) is 26.9 Å². The SMILES string of the molecule is COc1ccc(C(Br)C(=O)OC(C)[Si](C)(C)C)cc1. The van der Waals surface area contributed by atoms with Gasteiger partial charge < -0.3 is 9.47 Å². The molecule has 1 aromatic carbocycles. The average molecular weight is 345 g/mol. The summed E-state index contributed by atoms with van der Waals surface area (Å²) < 4.78 is 10.6. The van der Waals surface area contributed by atoms with Crippen LogP contribution in [0.1, 0.15) is 17.3 Å². The van der Waals surface area contributed by atoms with Crippen molar-refractivity contribution in [2.45, 2.75) is 37.1 Å². The summed E-state index contributed by atoms with van der Waals surface area (Å²) in [6.07, 6.45) is 0. The lowest BCUT2D eigenvalue weighted by Gasteiger charge is -2.26. The summed E-state index contributed by atoms with van der Waals surface area (Å²) in [5.41, 5.74) is 0.867. The standard InChI is InChI=1S/C14H21BrO3Si/c1-10(19(3,4)5)18-14(16)13(15)11-6-8-12(17-2)9-7-11/h6-10,13H,1-5H3. The fourth-order valence-electron chi connectivity index (χ4n) is 1.32. The lowest BCUT2D eigenvalue weighted by atomic mass is 10.1. The fraction of sp³-hybridized carbons (Fsp3) is 0.500. The van der Waals surface area contributed by atoms with Gasteiger partial charge in [-0.1, -0.05) is 47.7 Å². The Morgan fingerprint density at radius 2 is 1.74 bits per heavy atom. The van der Waals surface area contributed by atoms with Gasteiger partial charge in [-0.2, -0.15) is 0 Å². The van der Waals surface area contributed by atoms with Crippen LogP contribution in [0.3, 0.4) is 0 Å². The number of ether oxygens (including phenoxy) is 2. The Bertz CT molecular complexity index is 425. The largest absolute Gasteiger partial charge is 0.497 e. The predicted molar refractivity (Wildman–Crippen MR) is 83.6 cm³/mol. The van der Waals surface area contributed by atoms with Crippen molar-refractivity contribution in [3.05, 3.63) is 29.8 Å². The Balaban J connectivity index is 2.71. The van der Waals surface area contributed by atoms with Crippen molar-refractivity contribution in [1.82, 2.24) is 0 Å². The number of halogens is 1. The van der Waals surface area contributed by atoms with Crippen molar-refractivity contribution in [2.75, 3.05) is 7.11 Å². The molecule has 0 heterocycles. The summed E-state index contributed by atoms with van der Waals surface area (Å²) in [4.78, 5) is 11.6. The van der Waals surface area contributed by atoms with E-state index < -0.39 is 12.9 Å². The quantitative estimate of drug-likeness (QED) is 0.461. The number of hydrogen-bond acceptors (Lipinski definition) is 3. The highest BCUT2D eigenvalue weighted by Gasteiger charge is 2.29. The minimum Gasteiger partial charge on any atom is -0.497 e. The van der Waals surface area contributed by atoms with Crippen LogP contribution in [-0.2, 0) is 9.53 Å². The summed E-state index contributed by atoms with van der Waals surface area (Å²) >= 11 is 3.39. The van der Waals surface area contributed by atoms with E-state index in [0.717, 1.165) is 11.3 Å². The van der Waals surface area contributed by atoms with Crippen molar-refractivity contribution >= 4 is 30.0 Å². The van der Waals surface area contributed by atoms with E-state index in [4.69, 9.17) is 9.47 Å². The number of methoxy groups -OCH3 is 1. The zero-order valence-corrected chi connectivity index (χ0v) is 14.7. The predicted octanol–water partition coefficient (Wildman–Crippen LogP) is 3.94. The summed E-state index contributed by atoms with van der Waals surface area (Å²) in [7, 11) is 0.147. The first-order valence-corrected chi connectivity index (χ1v) is 10.7. The van der Waals surface area contributed by atoms with Crippen LogP contribution < -0.4 is 4.74 Å². The summed E-state index contributed by atoms with van der Waals surface area (Å²) in [6.45, 7) is 8.52. The molecule has 0 N–H and O–H groups in total. The molecule has 19 heavy (non-hydrogen) atoms. The second-order valence-electron chi connectivity index (χ2n) is 5.58. The third-order valence-electron chi connectivity index (χ3n) is 3.13. The molecule has 0 bridgehead atoms. The number of rotatable bonds is 5. The first kappa shape index (κ1) is 16.2. The highest BCUT2D eigenvalue weighted by Crippen LogP contribution is 2.27. The van der Waals surface area contributed by atoms with E-state index in [1.54, 1.807) is 7.11 Å². The van der Waals surface area contributed by atoms with Crippen LogP contribution in [0, 0.1) is 0 Å². The van der Waals surface area contributed by atoms with Crippen molar-refractivity contribution in [1.29, 1.82) is 0 Å². The Morgan fingerprint density at radius 1 is 1.21 bits per heavy atom. The molecule has 0 aliphatic rings. The number of hydrogen-bond donors (Lipinski definition) is 0. The van der Waals surface area contributed by atoms with E-state index in [-0.39, 0.29) is 11.7 Å². The molecule has 0 spiro atoms. The van der Waals surface area contributed by atoms with Crippen LogP contribution in [0.25, 0.3) is 0 Å². The smallest absolute Gasteiger partial charge is 0.324 e. The first-order valence-electron chi connectivity index (χ1n) is 6.24. The zero-order chi connectivity index (χ0) is 14.6. The van der Waals surface area contributed by atoms with E-state index in [2.05, 4.69) is 35.6 Å². The molecule has 0 aromatic heterocycles. The van der Waals surface area contributed by atoms with E-state index in [9.17, 15) is 4.79 Å². The fourth-order valence-corrected chi connectivity index (χ4v) is 2.20. The van der Waals surface area contributed by atoms with Gasteiger partial charge in [-0.05, 0) is 24.6 Å². The van der Waals surface area contributed by atoms with Crippen LogP contribution in [0.2, 0.25) is 19.6 Å². The van der Waals surface area contributed by atoms with Crippen LogP contribution >= 0.6 is 15.9 Å². The summed E-state index contributed by atoms with van der Waals surface area (Å²) in [5.74, 6) is 0.535. The van der Waals surface area contributed by atoms with Crippen LogP contribution in [0.4, 0.5) is 0 Å². The van der Waals surface area contributed by atoms with Crippen molar-refractivity contribution in [2.24, 2.45) is 0 Å². The van der Waals surface area contributed by atoms with Gasteiger partial charge in [0.25, 0.3) is 0 Å². The van der Waals surface area contributed by atoms with E-state index in [0.29, 0.717) is 0 Å². The van der Waals surface area contributed by atoms with Gasteiger partial charge in [-0.15, -0.1) is 0 Å². The Kier molecular flexibility index (Phi) is 5.61. The Morgan fingerprint density at radius 3 is 2.16 bits per heavy atom. The number of benzene rings is 1. The second-order valence-corrected chi connectivity index (χ2v) is 12.0. The number of carbonyl (C=O) groups is 1. The molecule has 106 valence electrons. The van der Waals surface area contributed by atoms with Gasteiger partial charge in [-0.3, -0.25) is 4.79 Å². The molecule has 0 radical (unpaired) electrons. The zero-order valence-electron chi connectivity index (χ0n) is 12.1. The molecule has 0 fully saturated rings. The highest BCUT2D eigenvalue weighted by atomic mass is 79.9. The minimum absolute atomic E-state index is 0.00158. The van der Waals surface area contributed by atoms with E-state index >= 15 is 0 Å². The van der Waals surface area contributed by atoms with Gasteiger partial charge in [0.1, 0.15) is 10.6 Å². The molecule has 3 nitrogen and oxygen atoms in total. The molecule has 1 rings (SSSR count). The Hall–Kier alpha value is -0.813. The third kappa shape index (κ3) is 4.65. The van der Waals surface area contributed by atoms with Crippen molar-refractivity contribution < 1.29 is 14.3 Å². The van der Waals surface area contributed by atoms with Crippen LogP contribution in [0.15, 0.2) is 24.3 Å². The molecule has 0 saturated heterocycles. The highest BCUT2D eigenvalue weighted by molar-refractivity contribution is 9.09. The molecule has 1 aromatic rings. The van der Waals surface area contributed by atoms with Gasteiger partial charge in [-0.25, -0.2) is 0 Å². The minimum atomic E-state index is -1.47. The normalized spacial score (nSPS) is 14.6. The van der Waals surface area contributed by atoms with E-state index in [1.165, 1.54) is 0 Å². The van der Waals surface area contributed by atoms with Gasteiger partial charge in [0.05, 0.1) is 20.9 Å². The number of esters is 1. The van der Waals surface area contributed by atoms with E-state index in [1.807, 2.05) is 31.2 Å². The monoisotopic (exact) mass is 344 g/mol. The maximum atomic E-state index is 12.1. The number of carbonyl (C=O) groups excluding carboxylic acids is 1.